The number of nitrogens with zero attached hydrogens (tertiary/aromatic N) is 1. The maximum atomic E-state index is 12.2. The summed E-state index contributed by atoms with van der Waals surface area (Å²) in [5.74, 6) is 0.399. The molecule has 0 aromatic heterocycles. The van der Waals surface area contributed by atoms with Crippen molar-refractivity contribution in [1.29, 1.82) is 0 Å². The fourth-order valence-electron chi connectivity index (χ4n) is 2.09. The van der Waals surface area contributed by atoms with E-state index in [2.05, 4.69) is 9.71 Å². The topological polar surface area (TPSA) is 67.8 Å². The van der Waals surface area contributed by atoms with E-state index >= 15 is 0 Å². The summed E-state index contributed by atoms with van der Waals surface area (Å²) in [5, 5.41) is 0.564. The fraction of sp³-hybridized carbons (Fsp3) is 0.357. The number of halogens is 1. The Balaban J connectivity index is 2.33. The number of hydrogen-bond acceptors (Lipinski definition) is 4. The van der Waals surface area contributed by atoms with Crippen molar-refractivity contribution < 1.29 is 13.2 Å². The number of rotatable bonds is 5. The third kappa shape index (κ3) is 3.64. The Morgan fingerprint density at radius 3 is 2.57 bits per heavy atom. The number of hydrogen-bond donors (Lipinski definition) is 1. The molecule has 0 aliphatic carbocycles. The normalized spacial score (nSPS) is 19.1. The number of aliphatic imine (C=N–C) groups is 1. The minimum Gasteiger partial charge on any atom is -0.385 e. The average Bonchev–Trinajstić information content (AvgIpc) is 2.66. The van der Waals surface area contributed by atoms with E-state index in [1.807, 2.05) is 0 Å². The van der Waals surface area contributed by atoms with Crippen LogP contribution in [0.3, 0.4) is 0 Å². The third-order valence-corrected chi connectivity index (χ3v) is 4.87. The Bertz CT molecular complexity index is 679. The average molecular weight is 329 g/mol. The van der Waals surface area contributed by atoms with Gasteiger partial charge in [0.05, 0.1) is 0 Å². The number of benzene rings is 1. The number of amidine groups is 1. The maximum absolute atomic E-state index is 12.2. The van der Waals surface area contributed by atoms with E-state index in [0.29, 0.717) is 35.1 Å². The van der Waals surface area contributed by atoms with Gasteiger partial charge in [0.15, 0.2) is 0 Å². The van der Waals surface area contributed by atoms with Crippen LogP contribution in [0.4, 0.5) is 0 Å². The van der Waals surface area contributed by atoms with Crippen molar-refractivity contribution >= 4 is 32.4 Å². The van der Waals surface area contributed by atoms with Gasteiger partial charge >= 0.3 is 0 Å². The first-order chi connectivity index (χ1) is 9.95. The molecule has 0 unspecified atom stereocenters. The highest BCUT2D eigenvalue weighted by atomic mass is 35.5. The first kappa shape index (κ1) is 16.0. The van der Waals surface area contributed by atoms with Gasteiger partial charge in [-0.3, -0.25) is 9.71 Å². The lowest BCUT2D eigenvalue weighted by Crippen LogP contribution is -2.23. The number of sulfonamides is 1. The molecular weight excluding hydrogens is 312 g/mol. The Morgan fingerprint density at radius 2 is 1.95 bits per heavy atom. The second-order valence-corrected chi connectivity index (χ2v) is 6.70. The van der Waals surface area contributed by atoms with Gasteiger partial charge in [-0.15, -0.1) is 0 Å². The van der Waals surface area contributed by atoms with E-state index in [1.165, 1.54) is 0 Å². The fourth-order valence-corrected chi connectivity index (χ4v) is 3.73. The SMILES string of the molecule is COCCCN=C1NS(=O)(=O)C(c2ccc(Cl)cc2)=C1C. The van der Waals surface area contributed by atoms with E-state index in [9.17, 15) is 8.42 Å². The lowest BCUT2D eigenvalue weighted by Gasteiger charge is -2.02. The zero-order valence-corrected chi connectivity index (χ0v) is 13.5. The second-order valence-electron chi connectivity index (χ2n) is 4.64. The molecule has 1 aliphatic heterocycles. The van der Waals surface area contributed by atoms with Gasteiger partial charge in [-0.2, -0.15) is 0 Å². The highest BCUT2D eigenvalue weighted by Gasteiger charge is 2.32. The zero-order valence-electron chi connectivity index (χ0n) is 11.9. The van der Waals surface area contributed by atoms with E-state index in [1.54, 1.807) is 38.3 Å². The highest BCUT2D eigenvalue weighted by molar-refractivity contribution is 8.00. The largest absolute Gasteiger partial charge is 0.385 e. The van der Waals surface area contributed by atoms with Crippen LogP contribution in [-0.4, -0.2) is 34.5 Å². The molecule has 0 spiro atoms. The number of methoxy groups -OCH3 is 1. The molecule has 114 valence electrons. The van der Waals surface area contributed by atoms with Gasteiger partial charge in [0.25, 0.3) is 10.0 Å². The number of nitrogens with one attached hydrogen (secondary N) is 1. The minimum absolute atomic E-state index is 0.254. The van der Waals surface area contributed by atoms with Crippen molar-refractivity contribution in [2.24, 2.45) is 4.99 Å². The van der Waals surface area contributed by atoms with E-state index in [0.717, 1.165) is 6.42 Å². The van der Waals surface area contributed by atoms with Crippen molar-refractivity contribution in [2.45, 2.75) is 13.3 Å². The standard InChI is InChI=1S/C14H17ClN2O3S/c1-10-13(11-4-6-12(15)7-5-11)21(18,19)17-14(10)16-8-3-9-20-2/h4-7H,3,8-9H2,1-2H3,(H,16,17). The lowest BCUT2D eigenvalue weighted by molar-refractivity contribution is 0.197. The summed E-state index contributed by atoms with van der Waals surface area (Å²) >= 11 is 5.84. The minimum atomic E-state index is -3.57. The molecule has 0 saturated carbocycles. The smallest absolute Gasteiger partial charge is 0.264 e. The molecule has 0 radical (unpaired) electrons. The van der Waals surface area contributed by atoms with Crippen LogP contribution in [0.1, 0.15) is 18.9 Å². The third-order valence-electron chi connectivity index (χ3n) is 3.08. The van der Waals surface area contributed by atoms with Gasteiger partial charge < -0.3 is 4.74 Å². The summed E-state index contributed by atoms with van der Waals surface area (Å²) in [6, 6.07) is 6.71. The van der Waals surface area contributed by atoms with Crippen molar-refractivity contribution in [3.63, 3.8) is 0 Å². The summed E-state index contributed by atoms with van der Waals surface area (Å²) in [6.45, 7) is 2.85. The van der Waals surface area contributed by atoms with Crippen LogP contribution in [0.25, 0.3) is 4.91 Å². The molecule has 1 heterocycles. The van der Waals surface area contributed by atoms with Crippen LogP contribution in [0, 0.1) is 0 Å². The van der Waals surface area contributed by atoms with Crippen LogP contribution in [0.5, 0.6) is 0 Å². The number of ether oxygens (including phenoxy) is 1. The molecule has 1 aliphatic rings. The van der Waals surface area contributed by atoms with Crippen LogP contribution >= 0.6 is 11.6 Å². The van der Waals surface area contributed by atoms with Gasteiger partial charge in [0.2, 0.25) is 0 Å². The monoisotopic (exact) mass is 328 g/mol. The molecule has 21 heavy (non-hydrogen) atoms. The summed E-state index contributed by atoms with van der Waals surface area (Å²) in [6.07, 6.45) is 0.741. The molecule has 0 atom stereocenters. The van der Waals surface area contributed by atoms with Gasteiger partial charge in [0.1, 0.15) is 10.7 Å². The molecule has 0 saturated heterocycles. The van der Waals surface area contributed by atoms with Gasteiger partial charge in [-0.1, -0.05) is 23.7 Å². The zero-order chi connectivity index (χ0) is 15.5. The summed E-state index contributed by atoms with van der Waals surface area (Å²) in [7, 11) is -1.95. The van der Waals surface area contributed by atoms with Gasteiger partial charge in [-0.05, 0) is 31.0 Å². The van der Waals surface area contributed by atoms with E-state index in [4.69, 9.17) is 16.3 Å². The first-order valence-corrected chi connectivity index (χ1v) is 8.35. The molecule has 5 nitrogen and oxygen atoms in total. The summed E-state index contributed by atoms with van der Waals surface area (Å²) < 4.78 is 31.9. The Labute approximate surface area is 129 Å². The van der Waals surface area contributed by atoms with E-state index in [-0.39, 0.29) is 4.91 Å². The van der Waals surface area contributed by atoms with Gasteiger partial charge in [-0.25, -0.2) is 8.42 Å². The quantitative estimate of drug-likeness (QED) is 0.844. The molecule has 2 rings (SSSR count). The van der Waals surface area contributed by atoms with Crippen molar-refractivity contribution in [2.75, 3.05) is 20.3 Å². The van der Waals surface area contributed by atoms with Gasteiger partial charge in [0, 0.05) is 30.9 Å². The first-order valence-electron chi connectivity index (χ1n) is 6.49. The van der Waals surface area contributed by atoms with Crippen molar-refractivity contribution in [3.8, 4) is 0 Å². The molecule has 7 heteroatoms. The van der Waals surface area contributed by atoms with Crippen LogP contribution in [-0.2, 0) is 14.8 Å². The summed E-state index contributed by atoms with van der Waals surface area (Å²) in [4.78, 5) is 4.55. The molecule has 1 aromatic rings. The Kier molecular flexibility index (Phi) is 5.03. The van der Waals surface area contributed by atoms with Crippen LogP contribution in [0.2, 0.25) is 5.02 Å². The predicted molar refractivity (Wildman–Crippen MR) is 84.9 cm³/mol. The van der Waals surface area contributed by atoms with Crippen LogP contribution in [0.15, 0.2) is 34.8 Å². The predicted octanol–water partition coefficient (Wildman–Crippen LogP) is 2.44. The Morgan fingerprint density at radius 1 is 1.29 bits per heavy atom. The maximum Gasteiger partial charge on any atom is 0.264 e. The second kappa shape index (κ2) is 6.60. The molecule has 0 bridgehead atoms. The highest BCUT2D eigenvalue weighted by Crippen LogP contribution is 2.30. The van der Waals surface area contributed by atoms with Crippen molar-refractivity contribution in [3.05, 3.63) is 40.4 Å². The molecule has 1 aromatic carbocycles. The molecule has 1 N–H and O–H groups in total. The molecular formula is C14H17ClN2O3S. The molecule has 0 amide bonds. The van der Waals surface area contributed by atoms with Crippen molar-refractivity contribution in [1.82, 2.24) is 4.72 Å². The summed E-state index contributed by atoms with van der Waals surface area (Å²) in [5.41, 5.74) is 1.22. The van der Waals surface area contributed by atoms with Crippen LogP contribution < -0.4 is 4.72 Å². The van der Waals surface area contributed by atoms with E-state index < -0.39 is 10.0 Å². The lowest BCUT2D eigenvalue weighted by atomic mass is 10.1. The molecule has 0 fully saturated rings. The Hall–Kier alpha value is -1.37.